The number of methoxy groups -OCH3 is 1. The maximum absolute atomic E-state index is 13.4. The van der Waals surface area contributed by atoms with E-state index in [4.69, 9.17) is 4.74 Å². The minimum atomic E-state index is -0.386. The second-order valence-corrected chi connectivity index (χ2v) is 8.61. The number of carbonyl (C=O) groups is 1. The Balaban J connectivity index is 1.94. The number of aromatic nitrogens is 2. The maximum atomic E-state index is 13.4. The number of ether oxygens (including phenoxy) is 1. The normalized spacial score (nSPS) is 11.2. The highest BCUT2D eigenvalue weighted by Crippen LogP contribution is 2.29. The molecule has 0 bridgehead atoms. The van der Waals surface area contributed by atoms with E-state index < -0.39 is 0 Å². The van der Waals surface area contributed by atoms with Crippen LogP contribution in [0, 0.1) is 19.7 Å². The Labute approximate surface area is 176 Å². The lowest BCUT2D eigenvalue weighted by Crippen LogP contribution is -2.27. The Bertz CT molecular complexity index is 1080. The minimum absolute atomic E-state index is 0.120. The van der Waals surface area contributed by atoms with Crippen LogP contribution in [-0.4, -0.2) is 41.5 Å². The molecule has 3 aromatic rings. The van der Waals surface area contributed by atoms with Crippen LogP contribution in [0.1, 0.15) is 16.9 Å². The van der Waals surface area contributed by atoms with E-state index in [0.717, 1.165) is 16.9 Å². The van der Waals surface area contributed by atoms with Crippen molar-refractivity contribution < 1.29 is 13.9 Å². The van der Waals surface area contributed by atoms with Gasteiger partial charge in [-0.25, -0.2) is 9.37 Å². The number of hydrogen-bond acceptors (Lipinski definition) is 6. The average molecular weight is 436 g/mol. The third kappa shape index (κ3) is 4.85. The van der Waals surface area contributed by atoms with Crippen LogP contribution in [0.3, 0.4) is 0 Å². The smallest absolute Gasteiger partial charge is 0.267 e. The van der Waals surface area contributed by atoms with Gasteiger partial charge >= 0.3 is 0 Å². The van der Waals surface area contributed by atoms with E-state index in [1.165, 1.54) is 51.9 Å². The van der Waals surface area contributed by atoms with Crippen molar-refractivity contribution in [3.05, 3.63) is 50.9 Å². The van der Waals surface area contributed by atoms with Gasteiger partial charge in [0.15, 0.2) is 5.16 Å². The molecule has 1 amide bonds. The lowest BCUT2D eigenvalue weighted by atomic mass is 10.2. The van der Waals surface area contributed by atoms with Crippen molar-refractivity contribution in [1.29, 1.82) is 0 Å². The summed E-state index contributed by atoms with van der Waals surface area (Å²) in [4.78, 5) is 31.7. The van der Waals surface area contributed by atoms with Crippen LogP contribution in [0.4, 0.5) is 4.39 Å². The summed E-state index contributed by atoms with van der Waals surface area (Å²) >= 11 is 2.64. The molecule has 154 valence electrons. The zero-order chi connectivity index (χ0) is 21.0. The van der Waals surface area contributed by atoms with Crippen molar-refractivity contribution in [1.82, 2.24) is 14.9 Å². The number of rotatable bonds is 8. The molecule has 6 nitrogen and oxygen atoms in total. The highest BCUT2D eigenvalue weighted by atomic mass is 32.2. The second kappa shape index (κ2) is 9.51. The molecule has 0 saturated heterocycles. The molecule has 0 aliphatic carbocycles. The molecular formula is C20H22FN3O3S2. The quantitative estimate of drug-likeness (QED) is 0.333. The molecule has 3 rings (SSSR count). The second-order valence-electron chi connectivity index (χ2n) is 6.46. The summed E-state index contributed by atoms with van der Waals surface area (Å²) in [6, 6.07) is 5.67. The zero-order valence-corrected chi connectivity index (χ0v) is 18.1. The van der Waals surface area contributed by atoms with Gasteiger partial charge in [0.25, 0.3) is 5.56 Å². The Morgan fingerprint density at radius 2 is 2.03 bits per heavy atom. The third-order valence-corrected chi connectivity index (χ3v) is 6.48. The topological polar surface area (TPSA) is 73.2 Å². The highest BCUT2D eigenvalue weighted by molar-refractivity contribution is 7.99. The van der Waals surface area contributed by atoms with Crippen LogP contribution in [0.25, 0.3) is 15.9 Å². The van der Waals surface area contributed by atoms with E-state index in [-0.39, 0.29) is 23.0 Å². The fourth-order valence-electron chi connectivity index (χ4n) is 2.82. The summed E-state index contributed by atoms with van der Waals surface area (Å²) in [5, 5.41) is 3.78. The van der Waals surface area contributed by atoms with Crippen LogP contribution < -0.4 is 10.9 Å². The highest BCUT2D eigenvalue weighted by Gasteiger charge is 2.18. The number of amides is 1. The maximum Gasteiger partial charge on any atom is 0.267 e. The number of thioether (sulfide) groups is 1. The van der Waals surface area contributed by atoms with E-state index in [2.05, 4.69) is 10.3 Å². The number of benzene rings is 1. The number of hydrogen-bond donors (Lipinski definition) is 1. The van der Waals surface area contributed by atoms with E-state index >= 15 is 0 Å². The number of nitrogens with one attached hydrogen (secondary N) is 1. The van der Waals surface area contributed by atoms with Gasteiger partial charge in [-0.1, -0.05) is 11.8 Å². The van der Waals surface area contributed by atoms with E-state index in [1.54, 1.807) is 7.11 Å². The first kappa shape index (κ1) is 21.5. The molecule has 0 spiro atoms. The van der Waals surface area contributed by atoms with Crippen molar-refractivity contribution in [2.75, 3.05) is 26.0 Å². The summed E-state index contributed by atoms with van der Waals surface area (Å²) in [6.45, 7) is 4.94. The summed E-state index contributed by atoms with van der Waals surface area (Å²) in [5.41, 5.74) is 1.19. The van der Waals surface area contributed by atoms with Crippen molar-refractivity contribution in [2.24, 2.45) is 0 Å². The Hall–Kier alpha value is -2.23. The van der Waals surface area contributed by atoms with Gasteiger partial charge in [-0.05, 0) is 50.1 Å². The Morgan fingerprint density at radius 3 is 2.72 bits per heavy atom. The Morgan fingerprint density at radius 1 is 1.31 bits per heavy atom. The fraction of sp³-hybridized carbons (Fsp3) is 0.350. The number of carbonyl (C=O) groups excluding carboxylic acids is 1. The molecule has 2 aromatic heterocycles. The van der Waals surface area contributed by atoms with Crippen molar-refractivity contribution in [3.8, 4) is 5.69 Å². The zero-order valence-electron chi connectivity index (χ0n) is 16.5. The number of nitrogens with zero attached hydrogens (tertiary/aromatic N) is 2. The van der Waals surface area contributed by atoms with Gasteiger partial charge in [-0.15, -0.1) is 11.3 Å². The van der Waals surface area contributed by atoms with E-state index in [1.807, 2.05) is 13.8 Å². The molecule has 0 saturated carbocycles. The van der Waals surface area contributed by atoms with Gasteiger partial charge < -0.3 is 10.1 Å². The van der Waals surface area contributed by atoms with Gasteiger partial charge in [0.05, 0.1) is 16.8 Å². The lowest BCUT2D eigenvalue weighted by molar-refractivity contribution is -0.118. The molecule has 0 radical (unpaired) electrons. The van der Waals surface area contributed by atoms with E-state index in [0.29, 0.717) is 34.2 Å². The molecule has 0 aliphatic heterocycles. The van der Waals surface area contributed by atoms with Crippen LogP contribution in [-0.2, 0) is 9.53 Å². The SMILES string of the molecule is COCCCNC(=O)CSc1nc2sc(C)c(C)c2c(=O)n1-c1ccc(F)cc1. The van der Waals surface area contributed by atoms with Crippen LogP contribution in [0.5, 0.6) is 0 Å². The van der Waals surface area contributed by atoms with Gasteiger partial charge in [0, 0.05) is 25.1 Å². The number of fused-ring (bicyclic) bond motifs is 1. The summed E-state index contributed by atoms with van der Waals surface area (Å²) in [6.07, 6.45) is 0.727. The number of halogens is 1. The first-order valence-electron chi connectivity index (χ1n) is 9.09. The summed E-state index contributed by atoms with van der Waals surface area (Å²) in [7, 11) is 1.61. The van der Waals surface area contributed by atoms with Crippen LogP contribution >= 0.6 is 23.1 Å². The summed E-state index contributed by atoms with van der Waals surface area (Å²) < 4.78 is 19.8. The third-order valence-electron chi connectivity index (χ3n) is 4.44. The molecule has 9 heteroatoms. The average Bonchev–Trinajstić information content (AvgIpc) is 2.98. The van der Waals surface area contributed by atoms with Crippen molar-refractivity contribution in [2.45, 2.75) is 25.4 Å². The molecule has 1 N–H and O–H groups in total. The van der Waals surface area contributed by atoms with Gasteiger partial charge in [-0.3, -0.25) is 14.2 Å². The van der Waals surface area contributed by atoms with Gasteiger partial charge in [0.2, 0.25) is 5.91 Å². The molecular weight excluding hydrogens is 413 g/mol. The summed E-state index contributed by atoms with van der Waals surface area (Å²) in [5.74, 6) is -0.414. The fourth-order valence-corrected chi connectivity index (χ4v) is 4.73. The first-order valence-corrected chi connectivity index (χ1v) is 10.9. The predicted octanol–water partition coefficient (Wildman–Crippen LogP) is 3.45. The molecule has 0 aliphatic rings. The van der Waals surface area contributed by atoms with Crippen molar-refractivity contribution >= 4 is 39.2 Å². The molecule has 0 unspecified atom stereocenters. The van der Waals surface area contributed by atoms with Crippen LogP contribution in [0.15, 0.2) is 34.2 Å². The lowest BCUT2D eigenvalue weighted by Gasteiger charge is -2.12. The predicted molar refractivity (Wildman–Crippen MR) is 115 cm³/mol. The van der Waals surface area contributed by atoms with Crippen molar-refractivity contribution in [3.63, 3.8) is 0 Å². The first-order chi connectivity index (χ1) is 13.9. The largest absolute Gasteiger partial charge is 0.385 e. The van der Waals surface area contributed by atoms with Crippen LogP contribution in [0.2, 0.25) is 0 Å². The monoisotopic (exact) mass is 435 g/mol. The van der Waals surface area contributed by atoms with Gasteiger partial charge in [-0.2, -0.15) is 0 Å². The molecule has 0 fully saturated rings. The Kier molecular flexibility index (Phi) is 7.05. The molecule has 29 heavy (non-hydrogen) atoms. The van der Waals surface area contributed by atoms with E-state index in [9.17, 15) is 14.0 Å². The van der Waals surface area contributed by atoms with Gasteiger partial charge in [0.1, 0.15) is 10.6 Å². The molecule has 2 heterocycles. The molecule has 0 atom stereocenters. The molecule has 1 aromatic carbocycles. The minimum Gasteiger partial charge on any atom is -0.385 e. The standard InChI is InChI=1S/C20H22FN3O3S2/c1-12-13(2)29-18-17(12)19(26)24(15-7-5-14(21)6-8-15)20(23-18)28-11-16(25)22-9-4-10-27-3/h5-8H,4,9-11H2,1-3H3,(H,22,25). The number of aryl methyl sites for hydroxylation is 2. The number of thiophene rings is 1.